The highest BCUT2D eigenvalue weighted by atomic mass is 35.5. The molecule has 0 radical (unpaired) electrons. The van der Waals surface area contributed by atoms with Gasteiger partial charge in [-0.2, -0.15) is 0 Å². The van der Waals surface area contributed by atoms with Crippen molar-refractivity contribution in [3.63, 3.8) is 0 Å². The first-order chi connectivity index (χ1) is 8.50. The lowest BCUT2D eigenvalue weighted by molar-refractivity contribution is -0.137. The third kappa shape index (κ3) is 2.22. The van der Waals surface area contributed by atoms with E-state index >= 15 is 0 Å². The summed E-state index contributed by atoms with van der Waals surface area (Å²) in [6.45, 7) is 0.214. The molecular weight excluding hydrogens is 258 g/mol. The van der Waals surface area contributed by atoms with Crippen molar-refractivity contribution in [3.8, 4) is 0 Å². The van der Waals surface area contributed by atoms with E-state index in [1.807, 2.05) is 0 Å². The van der Waals surface area contributed by atoms with Gasteiger partial charge in [0, 0.05) is 18.0 Å². The molecule has 1 amide bonds. The molecule has 5 nitrogen and oxygen atoms in total. The summed E-state index contributed by atoms with van der Waals surface area (Å²) in [4.78, 5) is 35.1. The maximum Gasteiger partial charge on any atom is 0.303 e. The Balaban J connectivity index is 2.21. The molecule has 94 valence electrons. The number of amides is 1. The van der Waals surface area contributed by atoms with E-state index in [1.54, 1.807) is 12.1 Å². The normalized spacial score (nSPS) is 13.9. The van der Waals surface area contributed by atoms with E-state index in [-0.39, 0.29) is 18.5 Å². The zero-order valence-electron chi connectivity index (χ0n) is 9.35. The molecule has 1 N–H and O–H groups in total. The van der Waals surface area contributed by atoms with E-state index in [4.69, 9.17) is 16.7 Å². The lowest BCUT2D eigenvalue weighted by Crippen LogP contribution is -2.30. The van der Waals surface area contributed by atoms with Crippen molar-refractivity contribution in [1.29, 1.82) is 0 Å². The van der Waals surface area contributed by atoms with Gasteiger partial charge in [0.25, 0.3) is 11.7 Å². The standard InChI is InChI=1S/C12H10ClNO4/c13-7-3-4-9-8(6-7)11(17)12(18)14(9)5-1-2-10(15)16/h3-4,6H,1-2,5H2,(H,15,16). The summed E-state index contributed by atoms with van der Waals surface area (Å²) in [5.74, 6) is -2.15. The molecule has 0 bridgehead atoms. The minimum Gasteiger partial charge on any atom is -0.481 e. The van der Waals surface area contributed by atoms with E-state index in [9.17, 15) is 14.4 Å². The number of carbonyl (C=O) groups is 3. The quantitative estimate of drug-likeness (QED) is 0.843. The molecule has 2 rings (SSSR count). The minimum atomic E-state index is -0.927. The predicted molar refractivity (Wildman–Crippen MR) is 65.0 cm³/mol. The van der Waals surface area contributed by atoms with Gasteiger partial charge in [0.2, 0.25) is 0 Å². The van der Waals surface area contributed by atoms with E-state index < -0.39 is 17.7 Å². The van der Waals surface area contributed by atoms with Gasteiger partial charge in [-0.05, 0) is 24.6 Å². The summed E-state index contributed by atoms with van der Waals surface area (Å²) in [6.07, 6.45) is 0.261. The number of rotatable bonds is 4. The second-order valence-corrected chi connectivity index (χ2v) is 4.38. The molecule has 0 fully saturated rings. The van der Waals surface area contributed by atoms with Crippen molar-refractivity contribution in [2.24, 2.45) is 0 Å². The van der Waals surface area contributed by atoms with Crippen LogP contribution in [0, 0.1) is 0 Å². The lowest BCUT2D eigenvalue weighted by Gasteiger charge is -2.15. The average molecular weight is 268 g/mol. The molecule has 0 aliphatic carbocycles. The van der Waals surface area contributed by atoms with Gasteiger partial charge < -0.3 is 10.0 Å². The number of carbonyl (C=O) groups excluding carboxylic acids is 2. The zero-order chi connectivity index (χ0) is 13.3. The number of fused-ring (bicyclic) bond motifs is 1. The summed E-state index contributed by atoms with van der Waals surface area (Å²) >= 11 is 5.77. The van der Waals surface area contributed by atoms with Crippen LogP contribution >= 0.6 is 11.6 Å². The van der Waals surface area contributed by atoms with Crippen LogP contribution in [0.4, 0.5) is 5.69 Å². The molecule has 0 saturated carbocycles. The Morgan fingerprint density at radius 3 is 2.72 bits per heavy atom. The summed E-state index contributed by atoms with van der Waals surface area (Å²) in [5, 5.41) is 8.94. The van der Waals surface area contributed by atoms with Gasteiger partial charge in [0.15, 0.2) is 0 Å². The van der Waals surface area contributed by atoms with Gasteiger partial charge >= 0.3 is 5.97 Å². The number of anilines is 1. The molecule has 0 aromatic heterocycles. The zero-order valence-corrected chi connectivity index (χ0v) is 10.1. The van der Waals surface area contributed by atoms with E-state index in [0.29, 0.717) is 17.1 Å². The van der Waals surface area contributed by atoms with Crippen LogP contribution in [0.5, 0.6) is 0 Å². The number of ketones is 1. The number of hydrogen-bond acceptors (Lipinski definition) is 3. The molecule has 1 aliphatic heterocycles. The van der Waals surface area contributed by atoms with Gasteiger partial charge in [-0.15, -0.1) is 0 Å². The van der Waals surface area contributed by atoms with E-state index in [1.165, 1.54) is 11.0 Å². The van der Waals surface area contributed by atoms with Crippen LogP contribution in [0.3, 0.4) is 0 Å². The van der Waals surface area contributed by atoms with Crippen LogP contribution < -0.4 is 4.90 Å². The fourth-order valence-electron chi connectivity index (χ4n) is 1.88. The molecule has 0 unspecified atom stereocenters. The summed E-state index contributed by atoms with van der Waals surface area (Å²) in [6, 6.07) is 4.64. The fourth-order valence-corrected chi connectivity index (χ4v) is 2.06. The monoisotopic (exact) mass is 267 g/mol. The second-order valence-electron chi connectivity index (χ2n) is 3.94. The van der Waals surface area contributed by atoms with E-state index in [0.717, 1.165) is 0 Å². The molecular formula is C12H10ClNO4. The van der Waals surface area contributed by atoms with Gasteiger partial charge in [-0.25, -0.2) is 0 Å². The number of benzene rings is 1. The SMILES string of the molecule is O=C(O)CCCN1C(=O)C(=O)c2cc(Cl)ccc21. The Labute approximate surface area is 108 Å². The van der Waals surface area contributed by atoms with Gasteiger partial charge in [-0.3, -0.25) is 14.4 Å². The van der Waals surface area contributed by atoms with Crippen LogP contribution in [-0.4, -0.2) is 29.3 Å². The molecule has 0 atom stereocenters. The lowest BCUT2D eigenvalue weighted by atomic mass is 10.1. The van der Waals surface area contributed by atoms with Gasteiger partial charge in [0.1, 0.15) is 0 Å². The molecule has 1 aliphatic rings. The van der Waals surface area contributed by atoms with Gasteiger partial charge in [-0.1, -0.05) is 11.6 Å². The highest BCUT2D eigenvalue weighted by Gasteiger charge is 2.35. The number of Topliss-reactive ketones (excluding diaryl/α,β-unsaturated/α-hetero) is 1. The van der Waals surface area contributed by atoms with Crippen molar-refractivity contribution >= 4 is 34.9 Å². The molecule has 1 aromatic rings. The number of nitrogens with zero attached hydrogens (tertiary/aromatic N) is 1. The molecule has 6 heteroatoms. The minimum absolute atomic E-state index is 0.0408. The van der Waals surface area contributed by atoms with Crippen molar-refractivity contribution in [1.82, 2.24) is 0 Å². The van der Waals surface area contributed by atoms with Crippen LogP contribution in [-0.2, 0) is 9.59 Å². The number of aliphatic carboxylic acids is 1. The number of hydrogen-bond donors (Lipinski definition) is 1. The van der Waals surface area contributed by atoms with Crippen LogP contribution in [0.15, 0.2) is 18.2 Å². The largest absolute Gasteiger partial charge is 0.481 e. The average Bonchev–Trinajstić information content (AvgIpc) is 2.54. The van der Waals surface area contributed by atoms with Crippen LogP contribution in [0.25, 0.3) is 0 Å². The molecule has 1 heterocycles. The summed E-state index contributed by atoms with van der Waals surface area (Å²) in [7, 11) is 0. The Morgan fingerprint density at radius 1 is 1.33 bits per heavy atom. The van der Waals surface area contributed by atoms with Crippen molar-refractivity contribution < 1.29 is 19.5 Å². The van der Waals surface area contributed by atoms with Crippen molar-refractivity contribution in [2.75, 3.05) is 11.4 Å². The molecule has 1 aromatic carbocycles. The number of halogens is 1. The Hall–Kier alpha value is -1.88. The highest BCUT2D eigenvalue weighted by Crippen LogP contribution is 2.31. The maximum atomic E-state index is 11.7. The van der Waals surface area contributed by atoms with Crippen LogP contribution in [0.1, 0.15) is 23.2 Å². The first-order valence-corrected chi connectivity index (χ1v) is 5.76. The fraction of sp³-hybridized carbons (Fsp3) is 0.250. The molecule has 18 heavy (non-hydrogen) atoms. The summed E-state index contributed by atoms with van der Waals surface area (Å²) in [5.41, 5.74) is 0.780. The second kappa shape index (κ2) is 4.78. The third-order valence-electron chi connectivity index (χ3n) is 2.71. The maximum absolute atomic E-state index is 11.7. The topological polar surface area (TPSA) is 74.7 Å². The Morgan fingerprint density at radius 2 is 2.06 bits per heavy atom. The third-order valence-corrected chi connectivity index (χ3v) is 2.94. The first kappa shape index (κ1) is 12.6. The van der Waals surface area contributed by atoms with E-state index in [2.05, 4.69) is 0 Å². The van der Waals surface area contributed by atoms with Crippen molar-refractivity contribution in [2.45, 2.75) is 12.8 Å². The first-order valence-electron chi connectivity index (χ1n) is 5.38. The molecule has 0 saturated heterocycles. The van der Waals surface area contributed by atoms with Gasteiger partial charge in [0.05, 0.1) is 11.3 Å². The van der Waals surface area contributed by atoms with Crippen molar-refractivity contribution in [3.05, 3.63) is 28.8 Å². The number of carboxylic acids is 1. The number of carboxylic acid groups (broad SMARTS) is 1. The Bertz CT molecular complexity index is 541. The molecule has 0 spiro atoms. The Kier molecular flexibility index (Phi) is 3.34. The van der Waals surface area contributed by atoms with Crippen LogP contribution in [0.2, 0.25) is 5.02 Å². The highest BCUT2D eigenvalue weighted by molar-refractivity contribution is 6.52. The summed E-state index contributed by atoms with van der Waals surface area (Å²) < 4.78 is 0. The predicted octanol–water partition coefficient (Wildman–Crippen LogP) is 1.73. The smallest absolute Gasteiger partial charge is 0.303 e.